The minimum Gasteiger partial charge on any atom is -0.375 e. The van der Waals surface area contributed by atoms with E-state index in [-0.39, 0.29) is 24.0 Å². The van der Waals surface area contributed by atoms with Crippen molar-refractivity contribution in [2.75, 3.05) is 31.7 Å². The number of nitrogens with one attached hydrogen (secondary N) is 1. The molecule has 9 nitrogen and oxygen atoms in total. The second kappa shape index (κ2) is 12.7. The summed E-state index contributed by atoms with van der Waals surface area (Å²) in [6.07, 6.45) is 8.32. The van der Waals surface area contributed by atoms with E-state index in [0.717, 1.165) is 54.5 Å². The number of fused-ring (bicyclic) bond motifs is 2. The van der Waals surface area contributed by atoms with Crippen molar-refractivity contribution in [1.29, 1.82) is 0 Å². The van der Waals surface area contributed by atoms with E-state index >= 15 is 0 Å². The number of ether oxygens (including phenoxy) is 1. The Morgan fingerprint density at radius 2 is 1.83 bits per heavy atom. The topological polar surface area (TPSA) is 108 Å². The number of rotatable bonds is 4. The molecule has 0 radical (unpaired) electrons. The number of amides is 2. The Labute approximate surface area is 243 Å². The number of benzene rings is 1. The van der Waals surface area contributed by atoms with E-state index in [1.807, 2.05) is 36.1 Å². The molecule has 0 unspecified atom stereocenters. The number of aromatic nitrogens is 3. The summed E-state index contributed by atoms with van der Waals surface area (Å²) < 4.78 is 5.22. The quantitative estimate of drug-likeness (QED) is 0.357. The van der Waals surface area contributed by atoms with Crippen LogP contribution in [0.1, 0.15) is 58.7 Å². The predicted molar refractivity (Wildman–Crippen MR) is 161 cm³/mol. The largest absolute Gasteiger partial charge is 0.375 e. The highest BCUT2D eigenvalue weighted by Crippen LogP contribution is 2.32. The summed E-state index contributed by atoms with van der Waals surface area (Å²) >= 11 is 1.26. The van der Waals surface area contributed by atoms with Crippen LogP contribution in [0.4, 0.5) is 5.69 Å². The number of carbonyl (C=O) groups is 2. The number of aryl methyl sites for hydroxylation is 2. The zero-order chi connectivity index (χ0) is 28.9. The Morgan fingerprint density at radius 1 is 1.05 bits per heavy atom. The predicted octanol–water partition coefficient (Wildman–Crippen LogP) is 5.25. The van der Waals surface area contributed by atoms with Gasteiger partial charge < -0.3 is 19.5 Å². The minimum absolute atomic E-state index is 0.0195. The zero-order valence-corrected chi connectivity index (χ0v) is 24.6. The van der Waals surface area contributed by atoms with Gasteiger partial charge in [-0.2, -0.15) is 0 Å². The van der Waals surface area contributed by atoms with Gasteiger partial charge in [0.25, 0.3) is 17.4 Å². The number of hydrogen-bond acceptors (Lipinski definition) is 7. The van der Waals surface area contributed by atoms with Gasteiger partial charge in [0.15, 0.2) is 0 Å². The SMILES string of the molecule is COCC(=O)N1CCCCCCCN(C(=O)c2sc3nc(C)[nH]c(=O)c3c2C)Cc2cc(-c3cccnc3)ccc21. The van der Waals surface area contributed by atoms with Gasteiger partial charge >= 0.3 is 0 Å². The molecule has 0 saturated heterocycles. The molecule has 1 aliphatic heterocycles. The van der Waals surface area contributed by atoms with Gasteiger partial charge in [-0.05, 0) is 67.1 Å². The first kappa shape index (κ1) is 28.6. The highest BCUT2D eigenvalue weighted by molar-refractivity contribution is 7.20. The van der Waals surface area contributed by atoms with Crippen LogP contribution in [0.25, 0.3) is 21.3 Å². The van der Waals surface area contributed by atoms with Crippen molar-refractivity contribution in [2.24, 2.45) is 0 Å². The first-order chi connectivity index (χ1) is 19.9. The lowest BCUT2D eigenvalue weighted by molar-refractivity contribution is -0.122. The maximum atomic E-state index is 14.2. The van der Waals surface area contributed by atoms with Crippen molar-refractivity contribution in [3.05, 3.63) is 74.9 Å². The van der Waals surface area contributed by atoms with Gasteiger partial charge in [-0.15, -0.1) is 11.3 Å². The summed E-state index contributed by atoms with van der Waals surface area (Å²) in [5, 5.41) is 0.467. The summed E-state index contributed by atoms with van der Waals surface area (Å²) in [5.41, 5.74) is 3.98. The van der Waals surface area contributed by atoms with E-state index in [1.54, 1.807) is 24.2 Å². The lowest BCUT2D eigenvalue weighted by atomic mass is 10.0. The van der Waals surface area contributed by atoms with E-state index < -0.39 is 0 Å². The van der Waals surface area contributed by atoms with Gasteiger partial charge in [-0.3, -0.25) is 19.4 Å². The normalized spacial score (nSPS) is 14.8. The standard InChI is InChI=1S/C31H35N5O4S/c1-20-27-29(38)33-21(2)34-30(27)41-28(20)31(39)35-14-7-5-4-6-8-15-36(26(37)19-40-3)25-12-11-22(16-24(25)18-35)23-10-9-13-32-17-23/h9-13,16-17H,4-8,14-15,18-19H2,1-3H3,(H,33,34,38). The third-order valence-corrected chi connectivity index (χ3v) is 8.68. The van der Waals surface area contributed by atoms with Crippen LogP contribution < -0.4 is 10.5 Å². The van der Waals surface area contributed by atoms with E-state index in [4.69, 9.17) is 4.74 Å². The lowest BCUT2D eigenvalue weighted by Gasteiger charge is -2.30. The molecule has 0 fully saturated rings. The maximum Gasteiger partial charge on any atom is 0.264 e. The maximum absolute atomic E-state index is 14.2. The second-order valence-electron chi connectivity index (χ2n) is 10.4. The Kier molecular flexibility index (Phi) is 8.90. The fourth-order valence-electron chi connectivity index (χ4n) is 5.43. The summed E-state index contributed by atoms with van der Waals surface area (Å²) in [6, 6.07) is 9.90. The molecule has 1 aromatic carbocycles. The Morgan fingerprint density at radius 3 is 2.59 bits per heavy atom. The van der Waals surface area contributed by atoms with Crippen molar-refractivity contribution >= 4 is 39.1 Å². The summed E-state index contributed by atoms with van der Waals surface area (Å²) in [6.45, 7) is 5.00. The van der Waals surface area contributed by atoms with E-state index in [2.05, 4.69) is 21.0 Å². The lowest BCUT2D eigenvalue weighted by Crippen LogP contribution is -2.37. The van der Waals surface area contributed by atoms with Crippen LogP contribution in [0.15, 0.2) is 47.5 Å². The van der Waals surface area contributed by atoms with Crippen molar-refractivity contribution in [2.45, 2.75) is 52.5 Å². The molecule has 0 bridgehead atoms. The van der Waals surface area contributed by atoms with Gasteiger partial charge in [0.2, 0.25) is 0 Å². The van der Waals surface area contributed by atoms with Crippen molar-refractivity contribution in [3.63, 3.8) is 0 Å². The molecule has 10 heteroatoms. The van der Waals surface area contributed by atoms with Gasteiger partial charge in [0.1, 0.15) is 17.3 Å². The molecule has 3 aromatic heterocycles. The third kappa shape index (κ3) is 6.23. The summed E-state index contributed by atoms with van der Waals surface area (Å²) in [5.74, 6) is 0.276. The molecule has 1 N–H and O–H groups in total. The fraction of sp³-hybridized carbons (Fsp3) is 0.387. The van der Waals surface area contributed by atoms with Gasteiger partial charge in [-0.1, -0.05) is 31.4 Å². The van der Waals surface area contributed by atoms with Gasteiger partial charge in [0.05, 0.1) is 10.3 Å². The number of nitrogens with zero attached hydrogens (tertiary/aromatic N) is 4. The van der Waals surface area contributed by atoms with Crippen LogP contribution in [-0.2, 0) is 16.1 Å². The average Bonchev–Trinajstić information content (AvgIpc) is 3.29. The average molecular weight is 574 g/mol. The number of aromatic amines is 1. The van der Waals surface area contributed by atoms with Crippen molar-refractivity contribution in [3.8, 4) is 11.1 Å². The molecule has 1 aliphatic rings. The molecule has 41 heavy (non-hydrogen) atoms. The highest BCUT2D eigenvalue weighted by atomic mass is 32.1. The highest BCUT2D eigenvalue weighted by Gasteiger charge is 2.26. The van der Waals surface area contributed by atoms with Crippen LogP contribution in [0.2, 0.25) is 0 Å². The smallest absolute Gasteiger partial charge is 0.264 e. The number of methoxy groups -OCH3 is 1. The Hall–Kier alpha value is -3.89. The first-order valence-corrected chi connectivity index (χ1v) is 14.8. The van der Waals surface area contributed by atoms with Gasteiger partial charge in [0, 0.05) is 44.8 Å². The second-order valence-corrected chi connectivity index (χ2v) is 11.4. The van der Waals surface area contributed by atoms with E-state index in [1.165, 1.54) is 18.4 Å². The van der Waals surface area contributed by atoms with Gasteiger partial charge in [-0.25, -0.2) is 4.98 Å². The van der Waals surface area contributed by atoms with Crippen LogP contribution in [-0.4, -0.2) is 58.5 Å². The van der Waals surface area contributed by atoms with Crippen LogP contribution in [0, 0.1) is 13.8 Å². The van der Waals surface area contributed by atoms with Crippen LogP contribution >= 0.6 is 11.3 Å². The molecule has 4 heterocycles. The molecule has 5 rings (SSSR count). The molecule has 4 aromatic rings. The minimum atomic E-state index is -0.229. The molecule has 0 saturated carbocycles. The number of hydrogen-bond donors (Lipinski definition) is 1. The molecule has 0 atom stereocenters. The van der Waals surface area contributed by atoms with Crippen molar-refractivity contribution < 1.29 is 14.3 Å². The van der Waals surface area contributed by atoms with E-state index in [9.17, 15) is 14.4 Å². The van der Waals surface area contributed by atoms with Crippen LogP contribution in [0.3, 0.4) is 0 Å². The molecule has 214 valence electrons. The zero-order valence-electron chi connectivity index (χ0n) is 23.7. The van der Waals surface area contributed by atoms with Crippen LogP contribution in [0.5, 0.6) is 0 Å². The number of anilines is 1. The summed E-state index contributed by atoms with van der Waals surface area (Å²) in [7, 11) is 1.52. The number of thiophene rings is 1. The fourth-order valence-corrected chi connectivity index (χ4v) is 6.62. The molecular weight excluding hydrogens is 538 g/mol. The molecular formula is C31H35N5O4S. The molecule has 0 spiro atoms. The van der Waals surface area contributed by atoms with E-state index in [0.29, 0.717) is 46.1 Å². The third-order valence-electron chi connectivity index (χ3n) is 7.51. The first-order valence-electron chi connectivity index (χ1n) is 14.0. The van der Waals surface area contributed by atoms with Crippen molar-refractivity contribution in [1.82, 2.24) is 19.9 Å². The number of H-pyrrole nitrogens is 1. The monoisotopic (exact) mass is 573 g/mol. The summed E-state index contributed by atoms with van der Waals surface area (Å²) in [4.78, 5) is 56.4. The number of carbonyl (C=O) groups excluding carboxylic acids is 2. The Bertz CT molecular complexity index is 1610. The Balaban J connectivity index is 1.60. The molecule has 0 aliphatic carbocycles. The number of pyridine rings is 1. The molecule has 2 amide bonds.